The van der Waals surface area contributed by atoms with E-state index in [0.717, 1.165) is 28.4 Å². The number of nitrogens with zero attached hydrogens (tertiary/aromatic N) is 3. The van der Waals surface area contributed by atoms with Crippen molar-refractivity contribution >= 4 is 34.4 Å². The molecular weight excluding hydrogens is 434 g/mol. The Labute approximate surface area is 184 Å². The fourth-order valence-electron chi connectivity index (χ4n) is 3.51. The Morgan fingerprint density at radius 3 is 2.47 bits per heavy atom. The van der Waals surface area contributed by atoms with Crippen LogP contribution in [0.1, 0.15) is 26.8 Å². The maximum atomic E-state index is 13.2. The quantitative estimate of drug-likeness (QED) is 0.341. The molecule has 1 aliphatic heterocycles. The van der Waals surface area contributed by atoms with Gasteiger partial charge in [0.1, 0.15) is 0 Å². The number of aromatic hydroxyl groups is 1. The van der Waals surface area contributed by atoms with Crippen LogP contribution in [0.3, 0.4) is 0 Å². The minimum Gasteiger partial charge on any atom is -0.503 e. The molecule has 3 aromatic rings. The number of benzene rings is 2. The smallest absolute Gasteiger partial charge is 0.311 e. The first-order chi connectivity index (χ1) is 15.3. The van der Waals surface area contributed by atoms with E-state index in [1.54, 1.807) is 17.5 Å². The Kier molecular flexibility index (Phi) is 5.18. The summed E-state index contributed by atoms with van der Waals surface area (Å²) in [5.74, 6) is -2.81. The van der Waals surface area contributed by atoms with Gasteiger partial charge >= 0.3 is 5.69 Å². The van der Waals surface area contributed by atoms with Crippen molar-refractivity contribution in [3.63, 3.8) is 0 Å². The highest BCUT2D eigenvalue weighted by Crippen LogP contribution is 2.44. The molecular formula is C22H13N3O6S. The lowest BCUT2D eigenvalue weighted by atomic mass is 9.94. The number of thiophene rings is 1. The summed E-state index contributed by atoms with van der Waals surface area (Å²) in [6.07, 6.45) is 0. The average Bonchev–Trinajstić information content (AvgIpc) is 3.41. The average molecular weight is 447 g/mol. The molecule has 1 aliphatic rings. The van der Waals surface area contributed by atoms with E-state index < -0.39 is 39.9 Å². The molecule has 10 heteroatoms. The summed E-state index contributed by atoms with van der Waals surface area (Å²) in [5.41, 5.74) is -0.0819. The number of carbonyl (C=O) groups excluding carboxylic acids is 2. The van der Waals surface area contributed by atoms with Crippen molar-refractivity contribution in [2.24, 2.45) is 0 Å². The van der Waals surface area contributed by atoms with Crippen LogP contribution in [0.25, 0.3) is 0 Å². The molecule has 0 radical (unpaired) electrons. The second-order valence-electron chi connectivity index (χ2n) is 6.81. The lowest BCUT2D eigenvalue weighted by molar-refractivity contribution is -0.385. The molecule has 0 aliphatic carbocycles. The van der Waals surface area contributed by atoms with Crippen LogP contribution in [-0.4, -0.2) is 26.8 Å². The normalized spacial score (nSPS) is 15.7. The maximum absolute atomic E-state index is 13.2. The third-order valence-electron chi connectivity index (χ3n) is 4.98. The van der Waals surface area contributed by atoms with Crippen molar-refractivity contribution in [2.45, 2.75) is 6.04 Å². The van der Waals surface area contributed by atoms with Crippen LogP contribution in [-0.2, 0) is 4.79 Å². The number of aliphatic hydroxyl groups is 1. The number of aliphatic hydroxyl groups excluding tert-OH is 1. The summed E-state index contributed by atoms with van der Waals surface area (Å²) in [5, 5.41) is 42.6. The van der Waals surface area contributed by atoms with Crippen molar-refractivity contribution in [3.05, 3.63) is 97.4 Å². The number of nitro groups is 1. The summed E-state index contributed by atoms with van der Waals surface area (Å²) >= 11 is 1.12. The van der Waals surface area contributed by atoms with Crippen LogP contribution >= 0.6 is 11.3 Å². The molecule has 0 fully saturated rings. The third-order valence-corrected chi connectivity index (χ3v) is 5.85. The van der Waals surface area contributed by atoms with Gasteiger partial charge in [-0.25, -0.2) is 0 Å². The van der Waals surface area contributed by atoms with Crippen molar-refractivity contribution in [1.29, 1.82) is 5.26 Å². The lowest BCUT2D eigenvalue weighted by Gasteiger charge is -2.26. The predicted molar refractivity (Wildman–Crippen MR) is 114 cm³/mol. The van der Waals surface area contributed by atoms with Crippen molar-refractivity contribution in [3.8, 4) is 11.8 Å². The number of nitro benzene ring substituents is 1. The Morgan fingerprint density at radius 2 is 1.88 bits per heavy atom. The van der Waals surface area contributed by atoms with E-state index in [2.05, 4.69) is 0 Å². The zero-order valence-electron chi connectivity index (χ0n) is 16.1. The molecule has 1 aromatic heterocycles. The van der Waals surface area contributed by atoms with Gasteiger partial charge in [-0.05, 0) is 47.3 Å². The summed E-state index contributed by atoms with van der Waals surface area (Å²) in [4.78, 5) is 38.2. The van der Waals surface area contributed by atoms with Gasteiger partial charge < -0.3 is 10.2 Å². The SMILES string of the molecule is N#Cc1ccc(N2C(=O)C(O)=C(C(=O)c3cccs3)C2c2ccc(O)c([N+](=O)[O-])c2)cc1. The molecule has 1 atom stereocenters. The van der Waals surface area contributed by atoms with Gasteiger partial charge in [-0.2, -0.15) is 5.26 Å². The monoisotopic (exact) mass is 447 g/mol. The fraction of sp³-hybridized carbons (Fsp3) is 0.0455. The highest BCUT2D eigenvalue weighted by atomic mass is 32.1. The topological polar surface area (TPSA) is 145 Å². The van der Waals surface area contributed by atoms with E-state index in [-0.39, 0.29) is 21.7 Å². The molecule has 4 rings (SSSR count). The summed E-state index contributed by atoms with van der Waals surface area (Å²) in [7, 11) is 0. The number of nitriles is 1. The van der Waals surface area contributed by atoms with Crippen LogP contribution < -0.4 is 4.90 Å². The molecule has 0 saturated heterocycles. The van der Waals surface area contributed by atoms with Crippen molar-refractivity contribution in [2.75, 3.05) is 4.90 Å². The number of phenolic OH excluding ortho intramolecular Hbond substituents is 1. The molecule has 2 N–H and O–H groups in total. The van der Waals surface area contributed by atoms with Gasteiger partial charge in [-0.15, -0.1) is 11.3 Å². The minimum absolute atomic E-state index is 0.149. The second kappa shape index (κ2) is 7.98. The molecule has 9 nitrogen and oxygen atoms in total. The maximum Gasteiger partial charge on any atom is 0.311 e. The first-order valence-corrected chi connectivity index (χ1v) is 10.0. The molecule has 2 heterocycles. The minimum atomic E-state index is -1.19. The number of ketones is 1. The predicted octanol–water partition coefficient (Wildman–Crippen LogP) is 4.02. The van der Waals surface area contributed by atoms with Crippen molar-refractivity contribution in [1.82, 2.24) is 0 Å². The van der Waals surface area contributed by atoms with E-state index in [4.69, 9.17) is 5.26 Å². The zero-order chi connectivity index (χ0) is 23.0. The Morgan fingerprint density at radius 1 is 1.16 bits per heavy atom. The highest BCUT2D eigenvalue weighted by Gasteiger charge is 2.45. The van der Waals surface area contributed by atoms with Crippen molar-refractivity contribution < 1.29 is 24.7 Å². The fourth-order valence-corrected chi connectivity index (χ4v) is 4.19. The Balaban J connectivity index is 1.92. The molecule has 2 aromatic carbocycles. The van der Waals surface area contributed by atoms with Crippen LogP contribution in [0, 0.1) is 21.4 Å². The molecule has 0 saturated carbocycles. The molecule has 0 bridgehead atoms. The number of anilines is 1. The third kappa shape index (κ3) is 3.36. The van der Waals surface area contributed by atoms with E-state index in [1.165, 1.54) is 30.3 Å². The van der Waals surface area contributed by atoms with E-state index in [1.807, 2.05) is 6.07 Å². The van der Waals surface area contributed by atoms with Gasteiger partial charge in [-0.1, -0.05) is 12.1 Å². The summed E-state index contributed by atoms with van der Waals surface area (Å²) < 4.78 is 0. The van der Waals surface area contributed by atoms with Gasteiger partial charge in [0.05, 0.1) is 33.0 Å². The van der Waals surface area contributed by atoms with Gasteiger partial charge in [0.25, 0.3) is 5.91 Å². The largest absolute Gasteiger partial charge is 0.503 e. The van der Waals surface area contributed by atoms with Crippen LogP contribution in [0.2, 0.25) is 0 Å². The van der Waals surface area contributed by atoms with E-state index in [9.17, 15) is 29.9 Å². The number of hydrogen-bond acceptors (Lipinski definition) is 8. The lowest BCUT2D eigenvalue weighted by Crippen LogP contribution is -2.31. The van der Waals surface area contributed by atoms with E-state index >= 15 is 0 Å². The van der Waals surface area contributed by atoms with Gasteiger partial charge in [0.2, 0.25) is 5.78 Å². The standard InChI is InChI=1S/C22H13N3O6S/c23-11-12-3-6-14(7-4-12)24-19(13-5-8-16(26)15(10-13)25(30)31)18(21(28)22(24)29)20(27)17-2-1-9-32-17/h1-10,19,26,28H. The first-order valence-electron chi connectivity index (χ1n) is 9.16. The Bertz CT molecular complexity index is 1320. The Hall–Kier alpha value is -4.49. The highest BCUT2D eigenvalue weighted by molar-refractivity contribution is 7.12. The number of amides is 1. The second-order valence-corrected chi connectivity index (χ2v) is 7.76. The molecule has 32 heavy (non-hydrogen) atoms. The first kappa shape index (κ1) is 20.8. The van der Waals surface area contributed by atoms with E-state index in [0.29, 0.717) is 5.56 Å². The molecule has 1 amide bonds. The van der Waals surface area contributed by atoms with Crippen LogP contribution in [0.5, 0.6) is 5.75 Å². The van der Waals surface area contributed by atoms with Gasteiger partial charge in [-0.3, -0.25) is 24.6 Å². The molecule has 0 spiro atoms. The number of rotatable bonds is 5. The van der Waals surface area contributed by atoms with Crippen LogP contribution in [0.15, 0.2) is 71.3 Å². The molecule has 1 unspecified atom stereocenters. The summed E-state index contributed by atoms with van der Waals surface area (Å²) in [6.45, 7) is 0. The number of hydrogen-bond donors (Lipinski definition) is 2. The number of carbonyl (C=O) groups is 2. The zero-order valence-corrected chi connectivity index (χ0v) is 16.9. The number of Topliss-reactive ketones (excluding diaryl/α,β-unsaturated/α-hetero) is 1. The number of phenols is 1. The van der Waals surface area contributed by atoms with Gasteiger partial charge in [0.15, 0.2) is 11.5 Å². The molecule has 158 valence electrons. The van der Waals surface area contributed by atoms with Crippen LogP contribution in [0.4, 0.5) is 11.4 Å². The summed E-state index contributed by atoms with van der Waals surface area (Å²) in [6, 6.07) is 13.3. The van der Waals surface area contributed by atoms with Gasteiger partial charge in [0, 0.05) is 11.8 Å².